The van der Waals surface area contributed by atoms with Crippen molar-refractivity contribution in [3.63, 3.8) is 0 Å². The average Bonchev–Trinajstić information content (AvgIpc) is 1.69. The summed E-state index contributed by atoms with van der Waals surface area (Å²) in [5.74, 6) is -0.690. The Kier molecular flexibility index (Phi) is 14.9. The molecule has 0 aliphatic carbocycles. The first-order valence-corrected chi connectivity index (χ1v) is 3.91. The standard InChI is InChI=1S/C2H4O3.2ClH.Cu/c1-2(3)5-4;;;/h4H,1H3;2*1H;/q;;;+2/p-2. The molecule has 0 heterocycles. The van der Waals surface area contributed by atoms with Gasteiger partial charge in [0.15, 0.2) is 0 Å². The molecule has 8 heavy (non-hydrogen) atoms. The van der Waals surface area contributed by atoms with E-state index in [0.29, 0.717) is 0 Å². The summed E-state index contributed by atoms with van der Waals surface area (Å²) < 4.78 is 0. The number of carbonyl (C=O) groups excluding carboxylic acids is 1. The Morgan fingerprint density at radius 2 is 1.88 bits per heavy atom. The molecule has 0 spiro atoms. The molecule has 0 amide bonds. The molecule has 1 N–H and O–H groups in total. The van der Waals surface area contributed by atoms with Crippen molar-refractivity contribution in [2.45, 2.75) is 6.92 Å². The quantitative estimate of drug-likeness (QED) is 0.373. The second kappa shape index (κ2) is 10.5. The summed E-state index contributed by atoms with van der Waals surface area (Å²) in [7, 11) is 9.34. The third-order valence-corrected chi connectivity index (χ3v) is 0.129. The van der Waals surface area contributed by atoms with Crippen molar-refractivity contribution >= 4 is 26.2 Å². The zero-order chi connectivity index (χ0) is 6.99. The van der Waals surface area contributed by atoms with E-state index < -0.39 is 5.97 Å². The predicted molar refractivity (Wildman–Crippen MR) is 26.1 cm³/mol. The van der Waals surface area contributed by atoms with E-state index in [1.54, 1.807) is 0 Å². The summed E-state index contributed by atoms with van der Waals surface area (Å²) in [5.41, 5.74) is 0. The molecule has 0 unspecified atom stereocenters. The fourth-order valence-corrected chi connectivity index (χ4v) is 0. The van der Waals surface area contributed by atoms with Crippen LogP contribution in [0.2, 0.25) is 0 Å². The van der Waals surface area contributed by atoms with Gasteiger partial charge in [0.2, 0.25) is 0 Å². The Balaban J connectivity index is 0. The van der Waals surface area contributed by atoms with Gasteiger partial charge in [-0.25, -0.2) is 4.79 Å². The van der Waals surface area contributed by atoms with E-state index in [-0.39, 0.29) is 0 Å². The van der Waals surface area contributed by atoms with Crippen LogP contribution in [-0.2, 0) is 22.8 Å². The summed E-state index contributed by atoms with van der Waals surface area (Å²) >= 11 is 0.757. The summed E-state index contributed by atoms with van der Waals surface area (Å²) in [6.07, 6.45) is 0. The molecule has 55 valence electrons. The van der Waals surface area contributed by atoms with Crippen LogP contribution in [0.3, 0.4) is 0 Å². The molecular formula is C2H4Cl2CuO3. The van der Waals surface area contributed by atoms with E-state index in [4.69, 9.17) is 5.26 Å². The molecule has 0 fully saturated rings. The van der Waals surface area contributed by atoms with Gasteiger partial charge in [-0.1, -0.05) is 0 Å². The molecule has 3 nitrogen and oxygen atoms in total. The van der Waals surface area contributed by atoms with Crippen LogP contribution in [0.15, 0.2) is 0 Å². The summed E-state index contributed by atoms with van der Waals surface area (Å²) in [5, 5.41) is 7.29. The van der Waals surface area contributed by atoms with Crippen molar-refractivity contribution in [3.8, 4) is 0 Å². The fraction of sp³-hybridized carbons (Fsp3) is 0.500. The number of halogens is 2. The van der Waals surface area contributed by atoms with Crippen molar-refractivity contribution < 1.29 is 28.1 Å². The summed E-state index contributed by atoms with van der Waals surface area (Å²) in [6, 6.07) is 0. The molecule has 6 heteroatoms. The molecule has 0 saturated carbocycles. The Morgan fingerprint density at radius 1 is 1.75 bits per heavy atom. The second-order valence-electron chi connectivity index (χ2n) is 0.626. The van der Waals surface area contributed by atoms with Gasteiger partial charge in [-0.3, -0.25) is 0 Å². The zero-order valence-corrected chi connectivity index (χ0v) is 6.27. The van der Waals surface area contributed by atoms with Gasteiger partial charge in [0.05, 0.1) is 0 Å². The van der Waals surface area contributed by atoms with Crippen molar-refractivity contribution in [1.29, 1.82) is 0 Å². The maximum atomic E-state index is 9.34. The third kappa shape index (κ3) is 31.2. The molecule has 0 aliphatic rings. The van der Waals surface area contributed by atoms with Gasteiger partial charge in [-0.2, -0.15) is 5.26 Å². The normalized spacial score (nSPS) is 7.00. The second-order valence-corrected chi connectivity index (χ2v) is 2.18. The first-order valence-electron chi connectivity index (χ1n) is 1.32. The van der Waals surface area contributed by atoms with Gasteiger partial charge >= 0.3 is 39.3 Å². The van der Waals surface area contributed by atoms with Crippen molar-refractivity contribution in [3.05, 3.63) is 0 Å². The molecule has 0 aromatic carbocycles. The minimum atomic E-state index is -0.690. The fourth-order valence-electron chi connectivity index (χ4n) is 0. The van der Waals surface area contributed by atoms with Crippen LogP contribution in [0.5, 0.6) is 0 Å². The van der Waals surface area contributed by atoms with E-state index in [1.165, 1.54) is 0 Å². The molecule has 0 rings (SSSR count). The SMILES string of the molecule is CC(=O)OO.[Cl][Cu][Cl]. The van der Waals surface area contributed by atoms with Crippen LogP contribution in [0.4, 0.5) is 0 Å². The summed E-state index contributed by atoms with van der Waals surface area (Å²) in [6.45, 7) is 1.11. The summed E-state index contributed by atoms with van der Waals surface area (Å²) in [4.78, 5) is 12.5. The molecule has 0 aromatic heterocycles. The van der Waals surface area contributed by atoms with Crippen LogP contribution in [0.1, 0.15) is 6.92 Å². The number of hydrogen-bond donors (Lipinski definition) is 1. The van der Waals surface area contributed by atoms with Gasteiger partial charge in [0.25, 0.3) is 0 Å². The van der Waals surface area contributed by atoms with E-state index in [9.17, 15) is 4.79 Å². The monoisotopic (exact) mass is 209 g/mol. The van der Waals surface area contributed by atoms with Crippen LogP contribution < -0.4 is 0 Å². The molecule has 0 atom stereocenters. The average molecular weight is 211 g/mol. The molecular weight excluding hydrogens is 206 g/mol. The molecule has 0 bridgehead atoms. The van der Waals surface area contributed by atoms with Gasteiger partial charge in [-0.15, -0.1) is 0 Å². The maximum absolute atomic E-state index is 9.34. The number of carbonyl (C=O) groups is 1. The van der Waals surface area contributed by atoms with Crippen LogP contribution in [0.25, 0.3) is 0 Å². The van der Waals surface area contributed by atoms with E-state index in [1.807, 2.05) is 0 Å². The van der Waals surface area contributed by atoms with Gasteiger partial charge < -0.3 is 4.89 Å². The minimum absolute atomic E-state index is 0.690. The van der Waals surface area contributed by atoms with Crippen LogP contribution >= 0.6 is 20.2 Å². The topological polar surface area (TPSA) is 46.5 Å². The number of hydrogen-bond acceptors (Lipinski definition) is 3. The van der Waals surface area contributed by atoms with Gasteiger partial charge in [0.1, 0.15) is 0 Å². The Bertz CT molecular complexity index is 59.2. The van der Waals surface area contributed by atoms with Crippen molar-refractivity contribution in [2.24, 2.45) is 0 Å². The van der Waals surface area contributed by atoms with E-state index in [0.717, 1.165) is 20.1 Å². The first kappa shape index (κ1) is 11.3. The molecule has 0 radical (unpaired) electrons. The van der Waals surface area contributed by atoms with E-state index in [2.05, 4.69) is 25.1 Å². The Labute approximate surface area is 61.5 Å². The Hall–Kier alpha value is 0.529. The van der Waals surface area contributed by atoms with Crippen LogP contribution in [-0.4, -0.2) is 11.2 Å². The van der Waals surface area contributed by atoms with Crippen LogP contribution in [0, 0.1) is 0 Å². The Morgan fingerprint density at radius 3 is 1.88 bits per heavy atom. The molecule has 0 aromatic rings. The first-order chi connectivity index (χ1) is 3.68. The third-order valence-electron chi connectivity index (χ3n) is 0.129. The van der Waals surface area contributed by atoms with Gasteiger partial charge in [-0.05, 0) is 0 Å². The van der Waals surface area contributed by atoms with Crippen molar-refractivity contribution in [1.82, 2.24) is 0 Å². The number of rotatable bonds is 0. The van der Waals surface area contributed by atoms with Crippen molar-refractivity contribution in [2.75, 3.05) is 0 Å². The molecule has 0 aliphatic heterocycles. The van der Waals surface area contributed by atoms with Gasteiger partial charge in [0, 0.05) is 6.92 Å². The predicted octanol–water partition coefficient (Wildman–Crippen LogP) is 1.40. The van der Waals surface area contributed by atoms with E-state index >= 15 is 0 Å². The zero-order valence-electron chi connectivity index (χ0n) is 3.82. The molecule has 0 saturated heterocycles.